The van der Waals surface area contributed by atoms with Crippen molar-refractivity contribution in [2.75, 3.05) is 0 Å². The number of hydrogen-bond donors (Lipinski definition) is 0. The maximum atomic E-state index is 6.84. The minimum Gasteiger partial charge on any atom is -0.340 e. The number of hydrogen-bond acceptors (Lipinski definition) is 2. The lowest BCUT2D eigenvalue weighted by molar-refractivity contribution is -0.862. The van der Waals surface area contributed by atoms with E-state index in [0.717, 1.165) is 40.4 Å². The van der Waals surface area contributed by atoms with Gasteiger partial charge < -0.3 is 9.47 Å². The van der Waals surface area contributed by atoms with Crippen molar-refractivity contribution in [2.24, 2.45) is 0 Å². The zero-order chi connectivity index (χ0) is 21.1. The Bertz CT molecular complexity index is 1330. The number of fused-ring (bicyclic) bond motifs is 4. The minimum atomic E-state index is -1.20. The van der Waals surface area contributed by atoms with Gasteiger partial charge in [-0.05, 0) is 33.4 Å². The van der Waals surface area contributed by atoms with Crippen molar-refractivity contribution in [3.05, 3.63) is 120 Å². The Labute approximate surface area is 185 Å². The highest BCUT2D eigenvalue weighted by molar-refractivity contribution is 6.17. The van der Waals surface area contributed by atoms with E-state index in [-0.39, 0.29) is 0 Å². The summed E-state index contributed by atoms with van der Waals surface area (Å²) >= 11 is 0. The molecule has 152 valence electrons. The van der Waals surface area contributed by atoms with Gasteiger partial charge in [-0.3, -0.25) is 0 Å². The van der Waals surface area contributed by atoms with Gasteiger partial charge in [0, 0.05) is 24.3 Å². The zero-order valence-corrected chi connectivity index (χ0v) is 17.3. The largest absolute Gasteiger partial charge is 0.715 e. The fraction of sp³-hybridized carbons (Fsp3) is 0.0714. The Hall–Kier alpha value is -4.18. The SMILES string of the molecule is c1ccc([N+]2=C3CC4=[N+](c5ccccc5)C2(Oc2ccccc23)Oc2ccccc24)cc1. The van der Waals surface area contributed by atoms with Crippen LogP contribution in [0.3, 0.4) is 0 Å². The van der Waals surface area contributed by atoms with Gasteiger partial charge in [0.15, 0.2) is 11.5 Å². The zero-order valence-electron chi connectivity index (χ0n) is 17.3. The Morgan fingerprint density at radius 2 is 0.906 bits per heavy atom. The Kier molecular flexibility index (Phi) is 3.50. The molecule has 3 bridgehead atoms. The van der Waals surface area contributed by atoms with E-state index in [9.17, 15) is 0 Å². The standard InChI is InChI=1S/C28H20N2O2/c1-3-11-20(12-4-1)29-24-19-25-23-16-8-10-18-27(23)32-28(29,30(25)21-13-5-2-6-14-21)31-26-17-9-7-15-22(24)26/h1-18H,19H2/q+2. The Balaban J connectivity index is 1.61. The molecule has 3 aliphatic rings. The fourth-order valence-corrected chi connectivity index (χ4v) is 5.06. The molecule has 0 aromatic heterocycles. The van der Waals surface area contributed by atoms with Crippen LogP contribution in [0, 0.1) is 0 Å². The highest BCUT2D eigenvalue weighted by atomic mass is 16.7. The van der Waals surface area contributed by atoms with Crippen molar-refractivity contribution in [2.45, 2.75) is 12.5 Å². The number of rotatable bonds is 2. The van der Waals surface area contributed by atoms with Gasteiger partial charge in [-0.15, -0.1) is 0 Å². The summed E-state index contributed by atoms with van der Waals surface area (Å²) in [5.74, 6) is 1.66. The van der Waals surface area contributed by atoms with Gasteiger partial charge in [0.05, 0.1) is 11.1 Å². The van der Waals surface area contributed by atoms with E-state index in [1.165, 1.54) is 11.4 Å². The van der Waals surface area contributed by atoms with Crippen LogP contribution in [0.15, 0.2) is 109 Å². The molecule has 0 radical (unpaired) electrons. The van der Waals surface area contributed by atoms with Crippen molar-refractivity contribution >= 4 is 22.8 Å². The molecular formula is C28H20N2O2+2. The summed E-state index contributed by atoms with van der Waals surface area (Å²) in [7, 11) is 0. The second-order valence-corrected chi connectivity index (χ2v) is 8.16. The first-order valence-corrected chi connectivity index (χ1v) is 10.8. The molecule has 0 amide bonds. The second kappa shape index (κ2) is 6.41. The fourth-order valence-electron chi connectivity index (χ4n) is 5.06. The monoisotopic (exact) mass is 416 g/mol. The first kappa shape index (κ1) is 17.5. The summed E-state index contributed by atoms with van der Waals surface area (Å²) in [4.78, 5) is 0. The third-order valence-electron chi connectivity index (χ3n) is 6.35. The molecule has 1 spiro atoms. The normalized spacial score (nSPS) is 17.1. The quantitative estimate of drug-likeness (QED) is 0.406. The van der Waals surface area contributed by atoms with Crippen LogP contribution in [0.1, 0.15) is 17.5 Å². The average Bonchev–Trinajstić information content (AvgIpc) is 2.84. The topological polar surface area (TPSA) is 24.5 Å². The predicted molar refractivity (Wildman–Crippen MR) is 122 cm³/mol. The van der Waals surface area contributed by atoms with Gasteiger partial charge in [0.2, 0.25) is 22.8 Å². The van der Waals surface area contributed by atoms with E-state index >= 15 is 0 Å². The molecule has 0 saturated carbocycles. The number of ether oxygens (including phenoxy) is 2. The van der Waals surface area contributed by atoms with E-state index in [0.29, 0.717) is 0 Å². The summed E-state index contributed by atoms with van der Waals surface area (Å²) < 4.78 is 18.1. The molecular weight excluding hydrogens is 396 g/mol. The van der Waals surface area contributed by atoms with Gasteiger partial charge in [-0.25, -0.2) is 0 Å². The molecule has 32 heavy (non-hydrogen) atoms. The van der Waals surface area contributed by atoms with Gasteiger partial charge in [0.25, 0.3) is 0 Å². The highest BCUT2D eigenvalue weighted by Crippen LogP contribution is 2.46. The minimum absolute atomic E-state index is 0.756. The molecule has 0 atom stereocenters. The molecule has 0 fully saturated rings. The van der Waals surface area contributed by atoms with Crippen LogP contribution in [0.2, 0.25) is 0 Å². The van der Waals surface area contributed by atoms with E-state index in [1.807, 2.05) is 36.4 Å². The van der Waals surface area contributed by atoms with Crippen LogP contribution in [0.4, 0.5) is 11.4 Å². The van der Waals surface area contributed by atoms with Gasteiger partial charge in [0.1, 0.15) is 6.42 Å². The third kappa shape index (κ3) is 2.26. The summed E-state index contributed by atoms with van der Waals surface area (Å²) in [5, 5.41) is 0. The lowest BCUT2D eigenvalue weighted by Gasteiger charge is -2.37. The maximum absolute atomic E-state index is 6.84. The Morgan fingerprint density at radius 3 is 1.38 bits per heavy atom. The number of para-hydroxylation sites is 4. The molecule has 0 N–H and O–H groups in total. The maximum Gasteiger partial charge on any atom is 0.715 e. The van der Waals surface area contributed by atoms with Crippen LogP contribution < -0.4 is 9.47 Å². The van der Waals surface area contributed by atoms with E-state index in [1.54, 1.807) is 0 Å². The molecule has 7 rings (SSSR count). The lowest BCUT2D eigenvalue weighted by atomic mass is 9.93. The van der Waals surface area contributed by atoms with Crippen molar-refractivity contribution in [3.8, 4) is 11.5 Å². The van der Waals surface area contributed by atoms with Crippen LogP contribution in [-0.2, 0) is 0 Å². The molecule has 0 unspecified atom stereocenters. The van der Waals surface area contributed by atoms with Crippen molar-refractivity contribution in [3.63, 3.8) is 0 Å². The Morgan fingerprint density at radius 1 is 0.500 bits per heavy atom. The highest BCUT2D eigenvalue weighted by Gasteiger charge is 2.71. The summed E-state index contributed by atoms with van der Waals surface area (Å²) in [6.07, 6.45) is 0.756. The van der Waals surface area contributed by atoms with Crippen molar-refractivity contribution in [1.29, 1.82) is 0 Å². The molecule has 3 aliphatic heterocycles. The van der Waals surface area contributed by atoms with Gasteiger partial charge in [-0.2, -0.15) is 0 Å². The molecule has 4 aromatic carbocycles. The summed E-state index contributed by atoms with van der Waals surface area (Å²) in [5.41, 5.74) is 6.59. The second-order valence-electron chi connectivity index (χ2n) is 8.16. The van der Waals surface area contributed by atoms with E-state index < -0.39 is 6.03 Å². The van der Waals surface area contributed by atoms with Crippen molar-refractivity contribution < 1.29 is 18.6 Å². The van der Waals surface area contributed by atoms with Crippen LogP contribution in [-0.4, -0.2) is 26.6 Å². The van der Waals surface area contributed by atoms with Crippen LogP contribution in [0.5, 0.6) is 11.5 Å². The number of nitrogens with zero attached hydrogens (tertiary/aromatic N) is 2. The van der Waals surface area contributed by atoms with E-state index in [4.69, 9.17) is 9.47 Å². The van der Waals surface area contributed by atoms with Crippen molar-refractivity contribution in [1.82, 2.24) is 0 Å². The first-order chi connectivity index (χ1) is 15.9. The molecule has 4 aromatic rings. The van der Waals surface area contributed by atoms with Crippen LogP contribution in [0.25, 0.3) is 0 Å². The lowest BCUT2D eigenvalue weighted by Crippen LogP contribution is -2.67. The molecule has 4 heteroatoms. The van der Waals surface area contributed by atoms with Crippen LogP contribution >= 0.6 is 0 Å². The average molecular weight is 416 g/mol. The third-order valence-corrected chi connectivity index (χ3v) is 6.35. The molecule has 3 heterocycles. The molecule has 4 nitrogen and oxygen atoms in total. The smallest absolute Gasteiger partial charge is 0.340 e. The first-order valence-electron chi connectivity index (χ1n) is 10.8. The molecule has 0 saturated heterocycles. The van der Waals surface area contributed by atoms with E-state index in [2.05, 4.69) is 81.9 Å². The van der Waals surface area contributed by atoms with Gasteiger partial charge in [-0.1, -0.05) is 60.7 Å². The molecule has 0 aliphatic carbocycles. The number of benzene rings is 4. The predicted octanol–water partition coefficient (Wildman–Crippen LogP) is 5.45. The van der Waals surface area contributed by atoms with Gasteiger partial charge >= 0.3 is 6.03 Å². The summed E-state index contributed by atoms with van der Waals surface area (Å²) in [6, 6.07) is 36.0. The summed E-state index contributed by atoms with van der Waals surface area (Å²) in [6.45, 7) is 0.